The Kier molecular flexibility index (Phi) is 3.85. The molecular weight excluding hydrogens is 314 g/mol. The van der Waals surface area contributed by atoms with Crippen LogP contribution in [0.4, 0.5) is 0 Å². The van der Waals surface area contributed by atoms with Crippen LogP contribution in [0.3, 0.4) is 0 Å². The molecule has 0 amide bonds. The molecule has 2 heterocycles. The van der Waals surface area contributed by atoms with E-state index >= 15 is 0 Å². The molecule has 0 radical (unpaired) electrons. The highest BCUT2D eigenvalue weighted by Crippen LogP contribution is 2.25. The van der Waals surface area contributed by atoms with Gasteiger partial charge in [0.25, 0.3) is 5.89 Å². The molecule has 0 aliphatic heterocycles. The highest BCUT2D eigenvalue weighted by Gasteiger charge is 2.18. The fourth-order valence-corrected chi connectivity index (χ4v) is 2.66. The van der Waals surface area contributed by atoms with E-state index in [4.69, 9.17) is 4.42 Å². The van der Waals surface area contributed by atoms with Gasteiger partial charge in [-0.05, 0) is 43.2 Å². The molecule has 0 spiro atoms. The van der Waals surface area contributed by atoms with E-state index < -0.39 is 0 Å². The summed E-state index contributed by atoms with van der Waals surface area (Å²) in [7, 11) is 0. The van der Waals surface area contributed by atoms with Crippen LogP contribution in [0.15, 0.2) is 59.0 Å². The first-order chi connectivity index (χ1) is 12.3. The van der Waals surface area contributed by atoms with Crippen LogP contribution in [-0.4, -0.2) is 25.2 Å². The van der Waals surface area contributed by atoms with Crippen LogP contribution in [0.5, 0.6) is 0 Å². The van der Waals surface area contributed by atoms with E-state index in [-0.39, 0.29) is 0 Å². The first-order valence-electron chi connectivity index (χ1n) is 8.17. The molecule has 124 valence electrons. The molecule has 0 bridgehead atoms. The predicted octanol–water partition coefficient (Wildman–Crippen LogP) is 3.86. The van der Waals surface area contributed by atoms with Crippen molar-refractivity contribution < 1.29 is 4.42 Å². The summed E-state index contributed by atoms with van der Waals surface area (Å²) in [6.07, 6.45) is 1.01. The van der Waals surface area contributed by atoms with Crippen LogP contribution in [-0.2, 0) is 6.42 Å². The number of benzene rings is 2. The molecule has 6 heteroatoms. The van der Waals surface area contributed by atoms with E-state index in [0.717, 1.165) is 23.4 Å². The zero-order valence-electron chi connectivity index (χ0n) is 14.0. The Morgan fingerprint density at radius 3 is 2.32 bits per heavy atom. The summed E-state index contributed by atoms with van der Waals surface area (Å²) in [4.78, 5) is 0. The van der Waals surface area contributed by atoms with Crippen LogP contribution in [0.2, 0.25) is 0 Å². The summed E-state index contributed by atoms with van der Waals surface area (Å²) in [6, 6.07) is 17.9. The maximum Gasteiger partial charge on any atom is 0.270 e. The molecule has 6 nitrogen and oxygen atoms in total. The maximum absolute atomic E-state index is 5.78. The van der Waals surface area contributed by atoms with Gasteiger partial charge in [-0.25, -0.2) is 4.68 Å². The van der Waals surface area contributed by atoms with Gasteiger partial charge in [0, 0.05) is 5.56 Å². The van der Waals surface area contributed by atoms with Crippen molar-refractivity contribution in [2.24, 2.45) is 0 Å². The molecule has 0 saturated carbocycles. The van der Waals surface area contributed by atoms with Gasteiger partial charge in [0.05, 0.1) is 11.4 Å². The molecule has 0 aliphatic rings. The Bertz CT molecular complexity index is 986. The summed E-state index contributed by atoms with van der Waals surface area (Å²) in [5, 5.41) is 16.7. The van der Waals surface area contributed by atoms with Gasteiger partial charge in [0.15, 0.2) is 5.69 Å². The third kappa shape index (κ3) is 2.82. The predicted molar refractivity (Wildman–Crippen MR) is 94.2 cm³/mol. The number of hydrogen-bond donors (Lipinski definition) is 0. The van der Waals surface area contributed by atoms with Gasteiger partial charge in [-0.3, -0.25) is 0 Å². The second-order valence-corrected chi connectivity index (χ2v) is 5.73. The van der Waals surface area contributed by atoms with Gasteiger partial charge in [-0.2, -0.15) is 0 Å². The molecule has 4 rings (SSSR count). The number of aromatic nitrogens is 5. The van der Waals surface area contributed by atoms with Crippen LogP contribution in [0.25, 0.3) is 28.7 Å². The summed E-state index contributed by atoms with van der Waals surface area (Å²) in [6.45, 7) is 4.07. The molecule has 0 atom stereocenters. The van der Waals surface area contributed by atoms with Crippen molar-refractivity contribution in [1.29, 1.82) is 0 Å². The fraction of sp³-hybridized carbons (Fsp3) is 0.158. The van der Waals surface area contributed by atoms with Crippen LogP contribution < -0.4 is 0 Å². The first kappa shape index (κ1) is 15.3. The third-order valence-electron chi connectivity index (χ3n) is 4.13. The minimum absolute atomic E-state index is 0.368. The lowest BCUT2D eigenvalue weighted by Crippen LogP contribution is -1.99. The van der Waals surface area contributed by atoms with Crippen LogP contribution >= 0.6 is 0 Å². The van der Waals surface area contributed by atoms with Crippen molar-refractivity contribution >= 4 is 0 Å². The lowest BCUT2D eigenvalue weighted by molar-refractivity contribution is 0.581. The molecule has 2 aromatic carbocycles. The molecule has 0 fully saturated rings. The average Bonchev–Trinajstić information content (AvgIpc) is 3.29. The van der Waals surface area contributed by atoms with Crippen molar-refractivity contribution in [3.05, 3.63) is 65.9 Å². The zero-order chi connectivity index (χ0) is 17.2. The van der Waals surface area contributed by atoms with Gasteiger partial charge in [0.1, 0.15) is 0 Å². The van der Waals surface area contributed by atoms with E-state index in [2.05, 4.69) is 39.6 Å². The molecule has 4 aromatic rings. The van der Waals surface area contributed by atoms with Gasteiger partial charge in [0.2, 0.25) is 5.89 Å². The normalized spacial score (nSPS) is 11.0. The van der Waals surface area contributed by atoms with E-state index in [1.165, 1.54) is 5.56 Å². The van der Waals surface area contributed by atoms with Crippen molar-refractivity contribution in [1.82, 2.24) is 25.2 Å². The highest BCUT2D eigenvalue weighted by atomic mass is 16.4. The number of nitrogens with zero attached hydrogens (tertiary/aromatic N) is 5. The molecular formula is C19H17N5O. The topological polar surface area (TPSA) is 69.6 Å². The molecule has 0 N–H and O–H groups in total. The van der Waals surface area contributed by atoms with Crippen molar-refractivity contribution in [2.45, 2.75) is 20.3 Å². The Hall–Kier alpha value is -3.28. The number of aryl methyl sites for hydroxylation is 1. The Morgan fingerprint density at radius 1 is 0.880 bits per heavy atom. The molecule has 0 saturated heterocycles. The standard InChI is InChI=1S/C19H17N5O/c1-3-14-9-11-16(12-10-14)24-13(2)17(20-23-24)19-22-21-18(25-19)15-7-5-4-6-8-15/h4-12H,3H2,1-2H3. The summed E-state index contributed by atoms with van der Waals surface area (Å²) in [5.41, 5.74) is 4.56. The SMILES string of the molecule is CCc1ccc(-n2nnc(-c3nnc(-c4ccccc4)o3)c2C)cc1. The van der Waals surface area contributed by atoms with Crippen molar-refractivity contribution in [2.75, 3.05) is 0 Å². The second-order valence-electron chi connectivity index (χ2n) is 5.73. The van der Waals surface area contributed by atoms with E-state index in [1.54, 1.807) is 4.68 Å². The van der Waals surface area contributed by atoms with Crippen molar-refractivity contribution in [3.63, 3.8) is 0 Å². The maximum atomic E-state index is 5.78. The van der Waals surface area contributed by atoms with Gasteiger partial charge in [-0.1, -0.05) is 42.5 Å². The minimum atomic E-state index is 0.368. The minimum Gasteiger partial charge on any atom is -0.414 e. The largest absolute Gasteiger partial charge is 0.414 e. The third-order valence-corrected chi connectivity index (χ3v) is 4.13. The number of hydrogen-bond acceptors (Lipinski definition) is 5. The lowest BCUT2D eigenvalue weighted by Gasteiger charge is -2.04. The summed E-state index contributed by atoms with van der Waals surface area (Å²) in [5.74, 6) is 0.838. The molecule has 25 heavy (non-hydrogen) atoms. The lowest BCUT2D eigenvalue weighted by atomic mass is 10.1. The fourth-order valence-electron chi connectivity index (χ4n) is 2.66. The van der Waals surface area contributed by atoms with Gasteiger partial charge in [-0.15, -0.1) is 15.3 Å². The molecule has 2 aromatic heterocycles. The van der Waals surface area contributed by atoms with Gasteiger partial charge >= 0.3 is 0 Å². The monoisotopic (exact) mass is 331 g/mol. The molecule has 0 aliphatic carbocycles. The first-order valence-corrected chi connectivity index (χ1v) is 8.17. The molecule has 0 unspecified atom stereocenters. The number of rotatable bonds is 4. The Balaban J connectivity index is 1.68. The Labute approximate surface area is 145 Å². The van der Waals surface area contributed by atoms with Crippen LogP contribution in [0, 0.1) is 6.92 Å². The van der Waals surface area contributed by atoms with E-state index in [0.29, 0.717) is 17.5 Å². The highest BCUT2D eigenvalue weighted by molar-refractivity contribution is 5.57. The summed E-state index contributed by atoms with van der Waals surface area (Å²) < 4.78 is 7.56. The quantitative estimate of drug-likeness (QED) is 0.568. The zero-order valence-corrected chi connectivity index (χ0v) is 14.0. The van der Waals surface area contributed by atoms with Crippen LogP contribution in [0.1, 0.15) is 18.2 Å². The Morgan fingerprint density at radius 2 is 1.60 bits per heavy atom. The summed E-state index contributed by atoms with van der Waals surface area (Å²) >= 11 is 0. The smallest absolute Gasteiger partial charge is 0.270 e. The van der Waals surface area contributed by atoms with Gasteiger partial charge < -0.3 is 4.42 Å². The average molecular weight is 331 g/mol. The second kappa shape index (κ2) is 6.32. The van der Waals surface area contributed by atoms with E-state index in [1.807, 2.05) is 49.4 Å². The van der Waals surface area contributed by atoms with E-state index in [9.17, 15) is 0 Å². The van der Waals surface area contributed by atoms with Crippen molar-refractivity contribution in [3.8, 4) is 28.7 Å².